The Labute approximate surface area is 125 Å². The third kappa shape index (κ3) is 3.76. The van der Waals surface area contributed by atoms with Crippen molar-refractivity contribution in [3.63, 3.8) is 0 Å². The molecule has 0 aliphatic carbocycles. The van der Waals surface area contributed by atoms with Crippen LogP contribution in [0.1, 0.15) is 15.9 Å². The lowest BCUT2D eigenvalue weighted by Gasteiger charge is -2.07. The monoisotopic (exact) mass is 306 g/mol. The van der Waals surface area contributed by atoms with E-state index in [4.69, 9.17) is 0 Å². The van der Waals surface area contributed by atoms with Crippen LogP contribution >= 0.6 is 11.3 Å². The lowest BCUT2D eigenvalue weighted by atomic mass is 10.2. The van der Waals surface area contributed by atoms with Crippen LogP contribution in [0.25, 0.3) is 0 Å². The average Bonchev–Trinajstić information content (AvgIpc) is 2.99. The molecule has 7 nitrogen and oxygen atoms in total. The Kier molecular flexibility index (Phi) is 4.83. The molecule has 2 aromatic rings. The zero-order valence-corrected chi connectivity index (χ0v) is 12.1. The quantitative estimate of drug-likeness (QED) is 0.629. The number of hydrogen-bond acceptors (Lipinski definition) is 6. The number of nitrogens with zero attached hydrogens (tertiary/aromatic N) is 2. The van der Waals surface area contributed by atoms with Gasteiger partial charge in [0.25, 0.3) is 11.6 Å². The summed E-state index contributed by atoms with van der Waals surface area (Å²) in [5.74, 6) is -0.0700. The molecule has 2 rings (SSSR count). The summed E-state index contributed by atoms with van der Waals surface area (Å²) in [6.45, 7) is 0.421. The minimum atomic E-state index is -0.611. The number of carbonyl (C=O) groups is 1. The molecule has 110 valence electrons. The van der Waals surface area contributed by atoms with E-state index in [-0.39, 0.29) is 11.3 Å². The van der Waals surface area contributed by atoms with E-state index in [1.807, 2.05) is 16.8 Å². The van der Waals surface area contributed by atoms with Crippen molar-refractivity contribution >= 4 is 28.7 Å². The van der Waals surface area contributed by atoms with Crippen molar-refractivity contribution in [3.8, 4) is 0 Å². The van der Waals surface area contributed by atoms with Crippen LogP contribution in [0.15, 0.2) is 29.1 Å². The fourth-order valence-electron chi connectivity index (χ4n) is 1.76. The molecular weight excluding hydrogens is 292 g/mol. The van der Waals surface area contributed by atoms with Gasteiger partial charge in [-0.15, -0.1) is 0 Å². The standard InChI is InChI=1S/C13H14N4O3S/c1-14-12-6-10(11(7-16-12)17(19)20)13(18)15-4-2-9-3-5-21-8-9/h3,5-8H,2,4H2,1H3,(H,14,16)(H,15,18). The molecule has 0 saturated heterocycles. The van der Waals surface area contributed by atoms with Crippen LogP contribution in [0.5, 0.6) is 0 Å². The summed E-state index contributed by atoms with van der Waals surface area (Å²) in [5, 5.41) is 20.4. The SMILES string of the molecule is CNc1cc(C(=O)NCCc2ccsc2)c([N+](=O)[O-])cn1. The van der Waals surface area contributed by atoms with E-state index in [1.54, 1.807) is 18.4 Å². The van der Waals surface area contributed by atoms with Gasteiger partial charge in [-0.25, -0.2) is 4.98 Å². The van der Waals surface area contributed by atoms with Crippen molar-refractivity contribution in [1.29, 1.82) is 0 Å². The highest BCUT2D eigenvalue weighted by Crippen LogP contribution is 2.20. The number of carbonyl (C=O) groups excluding carboxylic acids is 1. The van der Waals surface area contributed by atoms with Crippen LogP contribution in [-0.2, 0) is 6.42 Å². The van der Waals surface area contributed by atoms with E-state index < -0.39 is 10.8 Å². The number of nitro groups is 1. The number of hydrogen-bond donors (Lipinski definition) is 2. The Bertz CT molecular complexity index is 643. The van der Waals surface area contributed by atoms with Gasteiger partial charge in [-0.3, -0.25) is 14.9 Å². The maximum Gasteiger partial charge on any atom is 0.300 e. The Balaban J connectivity index is 2.08. The highest BCUT2D eigenvalue weighted by atomic mass is 32.1. The number of aromatic nitrogens is 1. The molecule has 0 unspecified atom stereocenters. The molecule has 0 atom stereocenters. The van der Waals surface area contributed by atoms with Gasteiger partial charge < -0.3 is 10.6 Å². The zero-order chi connectivity index (χ0) is 15.2. The summed E-state index contributed by atoms with van der Waals surface area (Å²) in [6, 6.07) is 3.35. The Morgan fingerprint density at radius 2 is 2.33 bits per heavy atom. The molecule has 2 heterocycles. The maximum absolute atomic E-state index is 12.1. The predicted octanol–water partition coefficient (Wildman–Crippen LogP) is 2.07. The highest BCUT2D eigenvalue weighted by Gasteiger charge is 2.21. The topological polar surface area (TPSA) is 97.2 Å². The smallest absolute Gasteiger partial charge is 0.300 e. The second-order valence-corrected chi connectivity index (χ2v) is 5.01. The zero-order valence-electron chi connectivity index (χ0n) is 11.3. The van der Waals surface area contributed by atoms with E-state index in [0.29, 0.717) is 18.8 Å². The van der Waals surface area contributed by atoms with Gasteiger partial charge in [0.15, 0.2) is 0 Å². The Hall–Kier alpha value is -2.48. The van der Waals surface area contributed by atoms with Crippen molar-refractivity contribution in [3.05, 3.63) is 50.3 Å². The molecular formula is C13H14N4O3S. The third-order valence-corrected chi connectivity index (χ3v) is 3.59. The molecule has 0 radical (unpaired) electrons. The minimum absolute atomic E-state index is 0.00432. The summed E-state index contributed by atoms with van der Waals surface area (Å²) in [7, 11) is 1.63. The summed E-state index contributed by atoms with van der Waals surface area (Å²) in [4.78, 5) is 26.3. The van der Waals surface area contributed by atoms with Crippen molar-refractivity contribution in [2.75, 3.05) is 18.9 Å². The maximum atomic E-state index is 12.1. The normalized spacial score (nSPS) is 10.1. The second-order valence-electron chi connectivity index (χ2n) is 4.23. The minimum Gasteiger partial charge on any atom is -0.373 e. The fourth-order valence-corrected chi connectivity index (χ4v) is 2.47. The Morgan fingerprint density at radius 3 is 2.95 bits per heavy atom. The molecule has 0 aliphatic rings. The van der Waals surface area contributed by atoms with E-state index in [2.05, 4.69) is 15.6 Å². The van der Waals surface area contributed by atoms with E-state index in [9.17, 15) is 14.9 Å². The molecule has 8 heteroatoms. The number of anilines is 1. The van der Waals surface area contributed by atoms with Gasteiger partial charge in [-0.2, -0.15) is 11.3 Å². The van der Waals surface area contributed by atoms with Crippen molar-refractivity contribution in [2.24, 2.45) is 0 Å². The van der Waals surface area contributed by atoms with Gasteiger partial charge >= 0.3 is 0 Å². The first-order chi connectivity index (χ1) is 10.1. The first-order valence-electron chi connectivity index (χ1n) is 6.23. The highest BCUT2D eigenvalue weighted by molar-refractivity contribution is 7.07. The van der Waals surface area contributed by atoms with Crippen LogP contribution in [-0.4, -0.2) is 29.4 Å². The predicted molar refractivity (Wildman–Crippen MR) is 80.8 cm³/mol. The van der Waals surface area contributed by atoms with E-state index >= 15 is 0 Å². The van der Waals surface area contributed by atoms with Crippen molar-refractivity contribution in [1.82, 2.24) is 10.3 Å². The largest absolute Gasteiger partial charge is 0.373 e. The first-order valence-corrected chi connectivity index (χ1v) is 7.17. The van der Waals surface area contributed by atoms with Gasteiger partial charge in [0, 0.05) is 19.7 Å². The third-order valence-electron chi connectivity index (χ3n) is 2.86. The number of pyridine rings is 1. The summed E-state index contributed by atoms with van der Waals surface area (Å²) in [5.41, 5.74) is 0.826. The van der Waals surface area contributed by atoms with Crippen molar-refractivity contribution < 1.29 is 9.72 Å². The number of nitrogens with one attached hydrogen (secondary N) is 2. The molecule has 0 saturated carbocycles. The molecule has 0 fully saturated rings. The van der Waals surface area contributed by atoms with Gasteiger partial charge in [0.1, 0.15) is 17.6 Å². The first kappa shape index (κ1) is 14.9. The molecule has 1 amide bonds. The van der Waals surface area contributed by atoms with Crippen LogP contribution in [0, 0.1) is 10.1 Å². The van der Waals surface area contributed by atoms with E-state index in [1.165, 1.54) is 6.07 Å². The summed E-state index contributed by atoms with van der Waals surface area (Å²) >= 11 is 1.59. The number of amides is 1. The van der Waals surface area contributed by atoms with Crippen molar-refractivity contribution in [2.45, 2.75) is 6.42 Å². The van der Waals surface area contributed by atoms with Crippen LogP contribution in [0.4, 0.5) is 11.5 Å². The fraction of sp³-hybridized carbons (Fsp3) is 0.231. The molecule has 0 aliphatic heterocycles. The summed E-state index contributed by atoms with van der Waals surface area (Å²) < 4.78 is 0. The van der Waals surface area contributed by atoms with Gasteiger partial charge in [0.2, 0.25) is 0 Å². The van der Waals surface area contributed by atoms with Gasteiger partial charge in [-0.1, -0.05) is 0 Å². The second kappa shape index (κ2) is 6.80. The number of thiophene rings is 1. The van der Waals surface area contributed by atoms with Crippen LogP contribution in [0.3, 0.4) is 0 Å². The molecule has 0 aromatic carbocycles. The van der Waals surface area contributed by atoms with E-state index in [0.717, 1.165) is 11.8 Å². The lowest BCUT2D eigenvalue weighted by Crippen LogP contribution is -2.26. The van der Waals surface area contributed by atoms with Crippen LogP contribution < -0.4 is 10.6 Å². The van der Waals surface area contributed by atoms with Gasteiger partial charge in [-0.05, 0) is 28.8 Å². The summed E-state index contributed by atoms with van der Waals surface area (Å²) in [6.07, 6.45) is 1.77. The Morgan fingerprint density at radius 1 is 1.52 bits per heavy atom. The molecule has 0 spiro atoms. The molecule has 21 heavy (non-hydrogen) atoms. The average molecular weight is 306 g/mol. The molecule has 2 N–H and O–H groups in total. The number of rotatable bonds is 6. The van der Waals surface area contributed by atoms with Crippen LogP contribution in [0.2, 0.25) is 0 Å². The van der Waals surface area contributed by atoms with Gasteiger partial charge in [0.05, 0.1) is 4.92 Å². The lowest BCUT2D eigenvalue weighted by molar-refractivity contribution is -0.385. The molecule has 2 aromatic heterocycles. The molecule has 0 bridgehead atoms.